The Balaban J connectivity index is 1.83. The second-order valence-corrected chi connectivity index (χ2v) is 5.41. The summed E-state index contributed by atoms with van der Waals surface area (Å²) in [6.45, 7) is 0.471. The maximum Gasteiger partial charge on any atom is 0.573 e. The molecule has 24 heavy (non-hydrogen) atoms. The molecule has 0 fully saturated rings. The number of halogens is 4. The predicted octanol–water partition coefficient (Wildman–Crippen LogP) is 4.32. The van der Waals surface area contributed by atoms with Gasteiger partial charge in [-0.1, -0.05) is 0 Å². The number of carbonyl (C=O) groups excluding carboxylic acids is 1. The average Bonchev–Trinajstić information content (AvgIpc) is 2.52. The Hall–Kier alpha value is -2.57. The van der Waals surface area contributed by atoms with Gasteiger partial charge in [-0.2, -0.15) is 0 Å². The quantitative estimate of drug-likeness (QED) is 0.763. The van der Waals surface area contributed by atoms with E-state index in [0.717, 1.165) is 17.7 Å². The van der Waals surface area contributed by atoms with Crippen LogP contribution in [0.3, 0.4) is 0 Å². The normalized spacial score (nSPS) is 14.2. The van der Waals surface area contributed by atoms with Crippen molar-refractivity contribution in [2.75, 3.05) is 11.4 Å². The number of carbonyl (C=O) groups is 1. The average molecular weight is 339 g/mol. The number of amides is 1. The molecular formula is C17H13F4NO2. The van der Waals surface area contributed by atoms with Crippen molar-refractivity contribution in [3.8, 4) is 5.75 Å². The number of alkyl halides is 3. The highest BCUT2D eigenvalue weighted by atomic mass is 19.4. The topological polar surface area (TPSA) is 29.5 Å². The van der Waals surface area contributed by atoms with Crippen molar-refractivity contribution in [2.24, 2.45) is 0 Å². The van der Waals surface area contributed by atoms with Crippen molar-refractivity contribution >= 4 is 11.6 Å². The molecule has 3 rings (SSSR count). The van der Waals surface area contributed by atoms with Crippen LogP contribution in [0, 0.1) is 5.82 Å². The molecule has 7 heteroatoms. The molecule has 1 heterocycles. The minimum atomic E-state index is -4.78. The van der Waals surface area contributed by atoms with Crippen LogP contribution in [-0.2, 0) is 6.42 Å². The van der Waals surface area contributed by atoms with Crippen molar-refractivity contribution in [1.82, 2.24) is 0 Å². The van der Waals surface area contributed by atoms with E-state index in [4.69, 9.17) is 0 Å². The molecule has 0 aromatic heterocycles. The van der Waals surface area contributed by atoms with Gasteiger partial charge in [0.05, 0.1) is 0 Å². The monoisotopic (exact) mass is 339 g/mol. The minimum absolute atomic E-state index is 0.238. The highest BCUT2D eigenvalue weighted by Crippen LogP contribution is 2.30. The Kier molecular flexibility index (Phi) is 4.17. The van der Waals surface area contributed by atoms with E-state index in [1.807, 2.05) is 0 Å². The van der Waals surface area contributed by atoms with Gasteiger partial charge in [-0.15, -0.1) is 13.2 Å². The number of ether oxygens (including phenoxy) is 1. The van der Waals surface area contributed by atoms with Crippen LogP contribution in [0.5, 0.6) is 5.75 Å². The van der Waals surface area contributed by atoms with Gasteiger partial charge < -0.3 is 9.64 Å². The Morgan fingerprint density at radius 2 is 1.79 bits per heavy atom. The lowest BCUT2D eigenvalue weighted by molar-refractivity contribution is -0.274. The summed E-state index contributed by atoms with van der Waals surface area (Å²) in [5.74, 6) is -1.10. The number of hydrogen-bond acceptors (Lipinski definition) is 2. The maximum absolute atomic E-state index is 13.3. The van der Waals surface area contributed by atoms with Gasteiger partial charge in [-0.25, -0.2) is 4.39 Å². The van der Waals surface area contributed by atoms with Crippen molar-refractivity contribution in [2.45, 2.75) is 19.2 Å². The highest BCUT2D eigenvalue weighted by Gasteiger charge is 2.31. The molecule has 2 aromatic rings. The van der Waals surface area contributed by atoms with Gasteiger partial charge in [0.25, 0.3) is 5.91 Å². The number of fused-ring (bicyclic) bond motifs is 1. The van der Waals surface area contributed by atoms with E-state index in [9.17, 15) is 22.4 Å². The summed E-state index contributed by atoms with van der Waals surface area (Å²) < 4.78 is 53.6. The van der Waals surface area contributed by atoms with Crippen LogP contribution >= 0.6 is 0 Å². The molecule has 0 unspecified atom stereocenters. The van der Waals surface area contributed by atoms with E-state index >= 15 is 0 Å². The molecule has 0 radical (unpaired) electrons. The molecule has 0 saturated carbocycles. The van der Waals surface area contributed by atoms with E-state index in [2.05, 4.69) is 4.74 Å². The first-order valence-electron chi connectivity index (χ1n) is 7.29. The fourth-order valence-corrected chi connectivity index (χ4v) is 2.73. The first-order chi connectivity index (χ1) is 11.3. The van der Waals surface area contributed by atoms with Crippen molar-refractivity contribution in [3.05, 3.63) is 59.4 Å². The van der Waals surface area contributed by atoms with E-state index in [0.29, 0.717) is 25.1 Å². The number of hydrogen-bond donors (Lipinski definition) is 0. The Labute approximate surface area is 135 Å². The molecule has 0 bridgehead atoms. The first-order valence-corrected chi connectivity index (χ1v) is 7.29. The molecule has 1 aliphatic rings. The second-order valence-electron chi connectivity index (χ2n) is 5.41. The van der Waals surface area contributed by atoms with Gasteiger partial charge in [-0.05, 0) is 60.9 Å². The standard InChI is InChI=1S/C17H13F4NO2/c18-13-5-8-15-12(10-13)2-1-9-22(15)16(23)11-3-6-14(7-4-11)24-17(19,20)21/h3-8,10H,1-2,9H2. The van der Waals surface area contributed by atoms with Crippen LogP contribution in [-0.4, -0.2) is 18.8 Å². The molecular weight excluding hydrogens is 326 g/mol. The van der Waals surface area contributed by atoms with Crippen LogP contribution in [0.15, 0.2) is 42.5 Å². The van der Waals surface area contributed by atoms with Crippen LogP contribution in [0.4, 0.5) is 23.2 Å². The summed E-state index contributed by atoms with van der Waals surface area (Å²) in [5, 5.41) is 0. The third-order valence-corrected chi connectivity index (χ3v) is 3.74. The Morgan fingerprint density at radius 1 is 1.08 bits per heavy atom. The van der Waals surface area contributed by atoms with Gasteiger partial charge in [0.2, 0.25) is 0 Å². The highest BCUT2D eigenvalue weighted by molar-refractivity contribution is 6.06. The van der Waals surface area contributed by atoms with E-state index in [-0.39, 0.29) is 23.0 Å². The van der Waals surface area contributed by atoms with Gasteiger partial charge in [0.1, 0.15) is 11.6 Å². The van der Waals surface area contributed by atoms with Gasteiger partial charge >= 0.3 is 6.36 Å². The Bertz CT molecular complexity index is 756. The van der Waals surface area contributed by atoms with Crippen LogP contribution in [0.25, 0.3) is 0 Å². The zero-order valence-corrected chi connectivity index (χ0v) is 12.4. The first kappa shape index (κ1) is 16.3. The fourth-order valence-electron chi connectivity index (χ4n) is 2.73. The van der Waals surface area contributed by atoms with Crippen molar-refractivity contribution in [1.29, 1.82) is 0 Å². The smallest absolute Gasteiger partial charge is 0.406 e. The lowest BCUT2D eigenvalue weighted by atomic mass is 10.0. The lowest BCUT2D eigenvalue weighted by Gasteiger charge is -2.29. The van der Waals surface area contributed by atoms with E-state index in [1.54, 1.807) is 6.07 Å². The third-order valence-electron chi connectivity index (χ3n) is 3.74. The lowest BCUT2D eigenvalue weighted by Crippen LogP contribution is -2.35. The molecule has 0 aliphatic carbocycles. The SMILES string of the molecule is O=C(c1ccc(OC(F)(F)F)cc1)N1CCCc2cc(F)ccc21. The van der Waals surface area contributed by atoms with E-state index < -0.39 is 6.36 Å². The summed E-state index contributed by atoms with van der Waals surface area (Å²) in [5.41, 5.74) is 1.61. The summed E-state index contributed by atoms with van der Waals surface area (Å²) in [7, 11) is 0. The fraction of sp³-hybridized carbons (Fsp3) is 0.235. The number of nitrogens with zero attached hydrogens (tertiary/aromatic N) is 1. The maximum atomic E-state index is 13.3. The van der Waals surface area contributed by atoms with E-state index in [1.165, 1.54) is 29.2 Å². The van der Waals surface area contributed by atoms with Crippen molar-refractivity contribution in [3.63, 3.8) is 0 Å². The van der Waals surface area contributed by atoms with Gasteiger partial charge in [-0.3, -0.25) is 4.79 Å². The number of rotatable bonds is 2. The molecule has 0 atom stereocenters. The molecule has 1 aliphatic heterocycles. The molecule has 2 aromatic carbocycles. The summed E-state index contributed by atoms with van der Waals surface area (Å²) in [6, 6.07) is 8.97. The van der Waals surface area contributed by atoms with Crippen molar-refractivity contribution < 1.29 is 27.1 Å². The van der Waals surface area contributed by atoms with Crippen LogP contribution in [0.2, 0.25) is 0 Å². The number of aryl methyl sites for hydroxylation is 1. The zero-order valence-electron chi connectivity index (χ0n) is 12.4. The number of benzene rings is 2. The molecule has 1 amide bonds. The zero-order chi connectivity index (χ0) is 17.3. The van der Waals surface area contributed by atoms with Crippen LogP contribution < -0.4 is 9.64 Å². The third kappa shape index (κ3) is 3.50. The summed E-state index contributed by atoms with van der Waals surface area (Å²) in [4.78, 5) is 14.1. The number of anilines is 1. The van der Waals surface area contributed by atoms with Gasteiger partial charge in [0, 0.05) is 17.8 Å². The molecule has 0 saturated heterocycles. The predicted molar refractivity (Wildman–Crippen MR) is 79.5 cm³/mol. The Morgan fingerprint density at radius 3 is 2.46 bits per heavy atom. The minimum Gasteiger partial charge on any atom is -0.406 e. The summed E-state index contributed by atoms with van der Waals surface area (Å²) >= 11 is 0. The van der Waals surface area contributed by atoms with Crippen LogP contribution in [0.1, 0.15) is 22.3 Å². The molecule has 0 spiro atoms. The second kappa shape index (κ2) is 6.14. The largest absolute Gasteiger partial charge is 0.573 e. The van der Waals surface area contributed by atoms with Gasteiger partial charge in [0.15, 0.2) is 0 Å². The molecule has 0 N–H and O–H groups in total. The molecule has 3 nitrogen and oxygen atoms in total. The summed E-state index contributed by atoms with van der Waals surface area (Å²) in [6.07, 6.45) is -3.41. The molecule has 126 valence electrons.